The molecular formula is C15H23FO2. The second-order valence-electron chi connectivity index (χ2n) is 6.35. The van der Waals surface area contributed by atoms with Crippen LogP contribution in [0.4, 0.5) is 4.39 Å². The van der Waals surface area contributed by atoms with Gasteiger partial charge in [0, 0.05) is 24.2 Å². The minimum Gasteiger partial charge on any atom is -0.300 e. The van der Waals surface area contributed by atoms with Crippen LogP contribution in [0.25, 0.3) is 0 Å². The summed E-state index contributed by atoms with van der Waals surface area (Å²) in [6, 6.07) is 0. The summed E-state index contributed by atoms with van der Waals surface area (Å²) in [7, 11) is 0. The standard InChI is InChI=1S/C15H23FO2/c1-11(17)5-3-9-15(16)10-7-12-13(18)6-4-8-14(12,15)2/h12H,3-10H2,1-2H3. The lowest BCUT2D eigenvalue weighted by Gasteiger charge is -2.43. The molecule has 0 N–H and O–H groups in total. The van der Waals surface area contributed by atoms with Crippen molar-refractivity contribution in [3.05, 3.63) is 0 Å². The van der Waals surface area contributed by atoms with E-state index in [4.69, 9.17) is 0 Å². The van der Waals surface area contributed by atoms with Crippen molar-refractivity contribution in [3.8, 4) is 0 Å². The molecule has 18 heavy (non-hydrogen) atoms. The van der Waals surface area contributed by atoms with Crippen LogP contribution in [0.2, 0.25) is 0 Å². The van der Waals surface area contributed by atoms with E-state index in [1.54, 1.807) is 6.92 Å². The summed E-state index contributed by atoms with van der Waals surface area (Å²) >= 11 is 0. The number of carbonyl (C=O) groups is 2. The molecule has 2 fully saturated rings. The van der Waals surface area contributed by atoms with Crippen LogP contribution >= 0.6 is 0 Å². The first-order chi connectivity index (χ1) is 8.39. The summed E-state index contributed by atoms with van der Waals surface area (Å²) in [4.78, 5) is 22.9. The van der Waals surface area contributed by atoms with Crippen LogP contribution in [0.5, 0.6) is 0 Å². The Morgan fingerprint density at radius 2 is 2.17 bits per heavy atom. The number of fused-ring (bicyclic) bond motifs is 1. The Labute approximate surface area is 108 Å². The normalized spacial score (nSPS) is 39.7. The van der Waals surface area contributed by atoms with E-state index in [9.17, 15) is 9.59 Å². The highest BCUT2D eigenvalue weighted by atomic mass is 19.1. The van der Waals surface area contributed by atoms with Gasteiger partial charge in [0.15, 0.2) is 0 Å². The lowest BCUT2D eigenvalue weighted by atomic mass is 9.62. The molecule has 0 saturated heterocycles. The van der Waals surface area contributed by atoms with E-state index in [0.717, 1.165) is 12.8 Å². The van der Waals surface area contributed by atoms with E-state index in [1.807, 2.05) is 6.92 Å². The number of ketones is 2. The minimum atomic E-state index is -1.23. The summed E-state index contributed by atoms with van der Waals surface area (Å²) in [5.74, 6) is 0.307. The van der Waals surface area contributed by atoms with Crippen LogP contribution in [-0.4, -0.2) is 17.2 Å². The second-order valence-corrected chi connectivity index (χ2v) is 6.35. The molecule has 0 aromatic carbocycles. The van der Waals surface area contributed by atoms with Crippen LogP contribution in [0.15, 0.2) is 0 Å². The van der Waals surface area contributed by atoms with Crippen molar-refractivity contribution >= 4 is 11.6 Å². The van der Waals surface area contributed by atoms with Gasteiger partial charge in [-0.15, -0.1) is 0 Å². The number of hydrogen-bond donors (Lipinski definition) is 0. The molecule has 0 aliphatic heterocycles. The van der Waals surface area contributed by atoms with E-state index in [0.29, 0.717) is 38.5 Å². The van der Waals surface area contributed by atoms with E-state index in [-0.39, 0.29) is 17.5 Å². The second kappa shape index (κ2) is 4.75. The van der Waals surface area contributed by atoms with Gasteiger partial charge in [-0.05, 0) is 45.4 Å². The highest BCUT2D eigenvalue weighted by Gasteiger charge is 2.60. The maximum absolute atomic E-state index is 15.2. The van der Waals surface area contributed by atoms with Crippen molar-refractivity contribution in [1.82, 2.24) is 0 Å². The number of rotatable bonds is 4. The number of hydrogen-bond acceptors (Lipinski definition) is 2. The zero-order chi connectivity index (χ0) is 13.4. The third-order valence-corrected chi connectivity index (χ3v) is 5.23. The molecule has 0 bridgehead atoms. The number of halogens is 1. The Morgan fingerprint density at radius 3 is 2.83 bits per heavy atom. The minimum absolute atomic E-state index is 0.0754. The number of carbonyl (C=O) groups excluding carboxylic acids is 2. The maximum Gasteiger partial charge on any atom is 0.136 e. The predicted octanol–water partition coefficient (Wildman–Crippen LogP) is 3.62. The highest BCUT2D eigenvalue weighted by molar-refractivity contribution is 5.83. The van der Waals surface area contributed by atoms with Gasteiger partial charge >= 0.3 is 0 Å². The van der Waals surface area contributed by atoms with Crippen molar-refractivity contribution in [2.24, 2.45) is 11.3 Å². The Balaban J connectivity index is 2.08. The van der Waals surface area contributed by atoms with Crippen LogP contribution < -0.4 is 0 Å². The predicted molar refractivity (Wildman–Crippen MR) is 68.1 cm³/mol. The van der Waals surface area contributed by atoms with Gasteiger partial charge in [-0.25, -0.2) is 4.39 Å². The Kier molecular flexibility index (Phi) is 3.61. The fourth-order valence-electron chi connectivity index (χ4n) is 4.04. The van der Waals surface area contributed by atoms with Crippen LogP contribution in [0, 0.1) is 11.3 Å². The van der Waals surface area contributed by atoms with Crippen molar-refractivity contribution in [2.45, 2.75) is 70.9 Å². The summed E-state index contributed by atoms with van der Waals surface area (Å²) in [6.07, 6.45) is 4.98. The molecule has 0 radical (unpaired) electrons. The van der Waals surface area contributed by atoms with E-state index >= 15 is 4.39 Å². The average Bonchev–Trinajstić information content (AvgIpc) is 2.53. The Hall–Kier alpha value is -0.730. The molecule has 2 aliphatic carbocycles. The van der Waals surface area contributed by atoms with Crippen LogP contribution in [0.3, 0.4) is 0 Å². The van der Waals surface area contributed by atoms with E-state index in [2.05, 4.69) is 0 Å². The number of alkyl halides is 1. The molecular weight excluding hydrogens is 231 g/mol. The molecule has 102 valence electrons. The van der Waals surface area contributed by atoms with Gasteiger partial charge in [0.05, 0.1) is 0 Å². The van der Waals surface area contributed by atoms with Gasteiger partial charge in [0.25, 0.3) is 0 Å². The van der Waals surface area contributed by atoms with E-state index in [1.165, 1.54) is 0 Å². The van der Waals surface area contributed by atoms with Crippen molar-refractivity contribution in [3.63, 3.8) is 0 Å². The third-order valence-electron chi connectivity index (χ3n) is 5.23. The van der Waals surface area contributed by atoms with Crippen molar-refractivity contribution in [2.75, 3.05) is 0 Å². The highest BCUT2D eigenvalue weighted by Crippen LogP contribution is 2.59. The molecule has 0 aromatic rings. The third kappa shape index (κ3) is 2.12. The van der Waals surface area contributed by atoms with Gasteiger partial charge in [-0.1, -0.05) is 6.92 Å². The van der Waals surface area contributed by atoms with Crippen LogP contribution in [0.1, 0.15) is 65.2 Å². The first kappa shape index (κ1) is 13.7. The monoisotopic (exact) mass is 254 g/mol. The molecule has 0 heterocycles. The molecule has 0 aromatic heterocycles. The lowest BCUT2D eigenvalue weighted by molar-refractivity contribution is -0.133. The smallest absolute Gasteiger partial charge is 0.136 e. The molecule has 2 nitrogen and oxygen atoms in total. The first-order valence-electron chi connectivity index (χ1n) is 7.10. The molecule has 2 saturated carbocycles. The van der Waals surface area contributed by atoms with Gasteiger partial charge in [0.2, 0.25) is 0 Å². The molecule has 2 aliphatic rings. The van der Waals surface area contributed by atoms with Gasteiger partial charge in [0.1, 0.15) is 17.2 Å². The lowest BCUT2D eigenvalue weighted by Crippen LogP contribution is -2.46. The summed E-state index contributed by atoms with van der Waals surface area (Å²) < 4.78 is 15.2. The molecule has 3 heteroatoms. The zero-order valence-electron chi connectivity index (χ0n) is 11.4. The quantitative estimate of drug-likeness (QED) is 0.767. The fraction of sp³-hybridized carbons (Fsp3) is 0.867. The van der Waals surface area contributed by atoms with Crippen molar-refractivity contribution in [1.29, 1.82) is 0 Å². The Bertz CT molecular complexity index is 366. The van der Waals surface area contributed by atoms with E-state index < -0.39 is 11.1 Å². The molecule has 0 amide bonds. The largest absolute Gasteiger partial charge is 0.300 e. The molecule has 3 atom stereocenters. The van der Waals surface area contributed by atoms with Gasteiger partial charge in [-0.2, -0.15) is 0 Å². The number of Topliss-reactive ketones (excluding diaryl/α,β-unsaturated/α-hetero) is 2. The maximum atomic E-state index is 15.2. The summed E-state index contributed by atoms with van der Waals surface area (Å²) in [6.45, 7) is 3.50. The van der Waals surface area contributed by atoms with Crippen LogP contribution in [-0.2, 0) is 9.59 Å². The SMILES string of the molecule is CC(=O)CCCC1(F)CCC2C(=O)CCCC21C. The zero-order valence-corrected chi connectivity index (χ0v) is 11.4. The summed E-state index contributed by atoms with van der Waals surface area (Å²) in [5.41, 5.74) is -1.71. The first-order valence-corrected chi connectivity index (χ1v) is 7.10. The van der Waals surface area contributed by atoms with Gasteiger partial charge in [-0.3, -0.25) is 4.79 Å². The molecule has 2 rings (SSSR count). The molecule has 3 unspecified atom stereocenters. The summed E-state index contributed by atoms with van der Waals surface area (Å²) in [5, 5.41) is 0. The Morgan fingerprint density at radius 1 is 1.44 bits per heavy atom. The molecule has 0 spiro atoms. The average molecular weight is 254 g/mol. The van der Waals surface area contributed by atoms with Crippen molar-refractivity contribution < 1.29 is 14.0 Å². The topological polar surface area (TPSA) is 34.1 Å². The fourth-order valence-corrected chi connectivity index (χ4v) is 4.04. The van der Waals surface area contributed by atoms with Gasteiger partial charge < -0.3 is 4.79 Å².